The second kappa shape index (κ2) is 5.61. The van der Waals surface area contributed by atoms with Crippen molar-refractivity contribution in [2.24, 2.45) is 0 Å². The SMILES string of the molecule is O=C(CCC1CCCO1)c1cc(Cl)ccc1F. The van der Waals surface area contributed by atoms with Crippen LogP contribution in [0.25, 0.3) is 0 Å². The van der Waals surface area contributed by atoms with Gasteiger partial charge in [-0.1, -0.05) is 11.6 Å². The zero-order valence-corrected chi connectivity index (χ0v) is 10.2. The van der Waals surface area contributed by atoms with Crippen molar-refractivity contribution in [2.45, 2.75) is 31.8 Å². The van der Waals surface area contributed by atoms with Crippen LogP contribution in [-0.4, -0.2) is 18.5 Å². The molecule has 0 radical (unpaired) electrons. The molecule has 1 atom stereocenters. The van der Waals surface area contributed by atoms with Crippen LogP contribution in [0.3, 0.4) is 0 Å². The highest BCUT2D eigenvalue weighted by Gasteiger charge is 2.18. The molecule has 0 aliphatic carbocycles. The number of benzene rings is 1. The summed E-state index contributed by atoms with van der Waals surface area (Å²) in [6.07, 6.45) is 3.16. The summed E-state index contributed by atoms with van der Waals surface area (Å²) in [6, 6.07) is 4.05. The molecule has 2 rings (SSSR count). The molecule has 1 aliphatic heterocycles. The minimum atomic E-state index is -0.508. The van der Waals surface area contributed by atoms with Crippen LogP contribution in [-0.2, 0) is 4.74 Å². The highest BCUT2D eigenvalue weighted by molar-refractivity contribution is 6.31. The minimum absolute atomic E-state index is 0.0792. The Morgan fingerprint density at radius 1 is 1.53 bits per heavy atom. The van der Waals surface area contributed by atoms with Gasteiger partial charge >= 0.3 is 0 Å². The monoisotopic (exact) mass is 256 g/mol. The molecule has 0 bridgehead atoms. The van der Waals surface area contributed by atoms with Crippen molar-refractivity contribution in [3.05, 3.63) is 34.6 Å². The van der Waals surface area contributed by atoms with E-state index in [9.17, 15) is 9.18 Å². The van der Waals surface area contributed by atoms with Crippen LogP contribution in [0.15, 0.2) is 18.2 Å². The van der Waals surface area contributed by atoms with Crippen LogP contribution < -0.4 is 0 Å². The third-order valence-electron chi connectivity index (χ3n) is 2.95. The van der Waals surface area contributed by atoms with Crippen LogP contribution in [0.1, 0.15) is 36.0 Å². The Morgan fingerprint density at radius 3 is 3.06 bits per heavy atom. The molecule has 1 aromatic rings. The van der Waals surface area contributed by atoms with Gasteiger partial charge in [-0.2, -0.15) is 0 Å². The topological polar surface area (TPSA) is 26.3 Å². The molecule has 2 nitrogen and oxygen atoms in total. The Morgan fingerprint density at radius 2 is 2.35 bits per heavy atom. The minimum Gasteiger partial charge on any atom is -0.378 e. The summed E-state index contributed by atoms with van der Waals surface area (Å²) >= 11 is 5.74. The maximum Gasteiger partial charge on any atom is 0.165 e. The number of hydrogen-bond acceptors (Lipinski definition) is 2. The van der Waals surface area contributed by atoms with Gasteiger partial charge in [0, 0.05) is 18.1 Å². The maximum atomic E-state index is 13.4. The van der Waals surface area contributed by atoms with Crippen LogP contribution in [0, 0.1) is 5.82 Å². The molecule has 4 heteroatoms. The summed E-state index contributed by atoms with van der Waals surface area (Å²) in [4.78, 5) is 11.8. The third kappa shape index (κ3) is 3.27. The Balaban J connectivity index is 1.96. The van der Waals surface area contributed by atoms with Gasteiger partial charge < -0.3 is 4.74 Å². The van der Waals surface area contributed by atoms with Gasteiger partial charge in [0.1, 0.15) is 5.82 Å². The summed E-state index contributed by atoms with van der Waals surface area (Å²) in [6.45, 7) is 0.768. The molecule has 0 saturated carbocycles. The molecule has 1 heterocycles. The number of hydrogen-bond donors (Lipinski definition) is 0. The molecular weight excluding hydrogens is 243 g/mol. The van der Waals surface area contributed by atoms with Crippen molar-refractivity contribution < 1.29 is 13.9 Å². The molecule has 1 fully saturated rings. The van der Waals surface area contributed by atoms with Gasteiger partial charge in [-0.15, -0.1) is 0 Å². The first-order valence-electron chi connectivity index (χ1n) is 5.76. The average molecular weight is 257 g/mol. The van der Waals surface area contributed by atoms with E-state index >= 15 is 0 Å². The van der Waals surface area contributed by atoms with Crippen molar-refractivity contribution in [3.63, 3.8) is 0 Å². The van der Waals surface area contributed by atoms with Gasteiger partial charge in [0.05, 0.1) is 11.7 Å². The molecular formula is C13H14ClFO2. The van der Waals surface area contributed by atoms with Crippen molar-refractivity contribution in [3.8, 4) is 0 Å². The van der Waals surface area contributed by atoms with E-state index in [1.165, 1.54) is 18.2 Å². The molecule has 17 heavy (non-hydrogen) atoms. The highest BCUT2D eigenvalue weighted by Crippen LogP contribution is 2.20. The number of Topliss-reactive ketones (excluding diaryl/α,β-unsaturated/α-hetero) is 1. The highest BCUT2D eigenvalue weighted by atomic mass is 35.5. The van der Waals surface area contributed by atoms with Crippen molar-refractivity contribution in [2.75, 3.05) is 6.61 Å². The van der Waals surface area contributed by atoms with Crippen LogP contribution in [0.5, 0.6) is 0 Å². The average Bonchev–Trinajstić information content (AvgIpc) is 2.82. The van der Waals surface area contributed by atoms with Gasteiger partial charge in [0.15, 0.2) is 5.78 Å². The van der Waals surface area contributed by atoms with E-state index in [1.807, 2.05) is 0 Å². The number of ether oxygens (including phenoxy) is 1. The lowest BCUT2D eigenvalue weighted by Gasteiger charge is -2.08. The number of carbonyl (C=O) groups is 1. The van der Waals surface area contributed by atoms with E-state index in [4.69, 9.17) is 16.3 Å². The first-order chi connectivity index (χ1) is 8.16. The fourth-order valence-corrected chi connectivity index (χ4v) is 2.18. The number of halogens is 2. The smallest absolute Gasteiger partial charge is 0.165 e. The predicted octanol–water partition coefficient (Wildman–Crippen LogP) is 3.62. The molecule has 1 unspecified atom stereocenters. The molecule has 1 aliphatic rings. The van der Waals surface area contributed by atoms with E-state index in [-0.39, 0.29) is 17.5 Å². The zero-order valence-electron chi connectivity index (χ0n) is 9.42. The summed E-state index contributed by atoms with van der Waals surface area (Å²) in [5.41, 5.74) is 0.0792. The summed E-state index contributed by atoms with van der Waals surface area (Å²) in [7, 11) is 0. The lowest BCUT2D eigenvalue weighted by Crippen LogP contribution is -2.10. The standard InChI is InChI=1S/C13H14ClFO2/c14-9-3-5-12(15)11(8-9)13(16)6-4-10-2-1-7-17-10/h3,5,8,10H,1-2,4,6-7H2. The van der Waals surface area contributed by atoms with Gasteiger partial charge in [-0.25, -0.2) is 4.39 Å². The van der Waals surface area contributed by atoms with Gasteiger partial charge in [0.2, 0.25) is 0 Å². The van der Waals surface area contributed by atoms with E-state index in [1.54, 1.807) is 0 Å². The van der Waals surface area contributed by atoms with Crippen molar-refractivity contribution >= 4 is 17.4 Å². The largest absolute Gasteiger partial charge is 0.378 e. The molecule has 0 amide bonds. The van der Waals surface area contributed by atoms with E-state index in [0.29, 0.717) is 17.9 Å². The fraction of sp³-hybridized carbons (Fsp3) is 0.462. The van der Waals surface area contributed by atoms with Crippen LogP contribution in [0.2, 0.25) is 5.02 Å². The molecule has 92 valence electrons. The number of rotatable bonds is 4. The van der Waals surface area contributed by atoms with Crippen molar-refractivity contribution in [1.29, 1.82) is 0 Å². The molecule has 0 N–H and O–H groups in total. The second-order valence-electron chi connectivity index (χ2n) is 4.22. The fourth-order valence-electron chi connectivity index (χ4n) is 2.01. The Labute approximate surface area is 105 Å². The second-order valence-corrected chi connectivity index (χ2v) is 4.66. The number of ketones is 1. The molecule has 1 aromatic carbocycles. The predicted molar refractivity (Wildman–Crippen MR) is 63.9 cm³/mol. The summed E-state index contributed by atoms with van der Waals surface area (Å²) in [5.74, 6) is -0.716. The third-order valence-corrected chi connectivity index (χ3v) is 3.18. The lowest BCUT2D eigenvalue weighted by atomic mass is 10.0. The van der Waals surface area contributed by atoms with E-state index in [0.717, 1.165) is 19.4 Å². The normalized spacial score (nSPS) is 19.5. The first kappa shape index (κ1) is 12.5. The Kier molecular flexibility index (Phi) is 4.13. The summed E-state index contributed by atoms with van der Waals surface area (Å²) in [5, 5.41) is 0.381. The van der Waals surface area contributed by atoms with Gasteiger partial charge in [-0.3, -0.25) is 4.79 Å². The van der Waals surface area contributed by atoms with E-state index < -0.39 is 5.82 Å². The zero-order chi connectivity index (χ0) is 12.3. The van der Waals surface area contributed by atoms with Gasteiger partial charge in [-0.05, 0) is 37.5 Å². The number of carbonyl (C=O) groups excluding carboxylic acids is 1. The maximum absolute atomic E-state index is 13.4. The summed E-state index contributed by atoms with van der Waals surface area (Å²) < 4.78 is 18.8. The van der Waals surface area contributed by atoms with E-state index in [2.05, 4.69) is 0 Å². The van der Waals surface area contributed by atoms with Crippen LogP contribution in [0.4, 0.5) is 4.39 Å². The van der Waals surface area contributed by atoms with Crippen molar-refractivity contribution in [1.82, 2.24) is 0 Å². The first-order valence-corrected chi connectivity index (χ1v) is 6.14. The lowest BCUT2D eigenvalue weighted by molar-refractivity contribution is 0.0856. The Bertz CT molecular complexity index is 414. The van der Waals surface area contributed by atoms with Crippen LogP contribution >= 0.6 is 11.6 Å². The quantitative estimate of drug-likeness (QED) is 0.769. The Hall–Kier alpha value is -0.930. The molecule has 0 aromatic heterocycles. The molecule has 1 saturated heterocycles. The molecule has 0 spiro atoms. The van der Waals surface area contributed by atoms with Gasteiger partial charge in [0.25, 0.3) is 0 Å².